The maximum absolute atomic E-state index is 12.5. The number of nitrogens with zero attached hydrogens (tertiary/aromatic N) is 1. The molecule has 0 aliphatic heterocycles. The maximum Gasteiger partial charge on any atom is 0.331 e. The zero-order chi connectivity index (χ0) is 20.9. The van der Waals surface area contributed by atoms with Crippen LogP contribution in [0.4, 0.5) is 0 Å². The highest BCUT2D eigenvalue weighted by Gasteiger charge is 2.26. The quantitative estimate of drug-likeness (QED) is 0.548. The number of ether oxygens (including phenoxy) is 3. The molecule has 0 aliphatic rings. The molecule has 0 radical (unpaired) electrons. The van der Waals surface area contributed by atoms with Crippen molar-refractivity contribution in [2.75, 3.05) is 19.8 Å². The second-order valence-corrected chi connectivity index (χ2v) is 7.24. The van der Waals surface area contributed by atoms with Crippen LogP contribution in [-0.4, -0.2) is 35.3 Å². The largest absolute Gasteiger partial charge is 0.463 e. The van der Waals surface area contributed by atoms with Crippen LogP contribution in [0.1, 0.15) is 31.9 Å². The first-order valence-electron chi connectivity index (χ1n) is 8.92. The number of benzene rings is 1. The second kappa shape index (κ2) is 8.88. The predicted molar refractivity (Wildman–Crippen MR) is 104 cm³/mol. The summed E-state index contributed by atoms with van der Waals surface area (Å²) in [5, 5.41) is 0. The minimum absolute atomic E-state index is 0.118. The number of esters is 1. The van der Waals surface area contributed by atoms with Gasteiger partial charge in [-0.1, -0.05) is 6.07 Å². The van der Waals surface area contributed by atoms with E-state index in [-0.39, 0.29) is 31.7 Å². The van der Waals surface area contributed by atoms with Gasteiger partial charge in [-0.05, 0) is 51.0 Å². The fraction of sp³-hybridized carbons (Fsp3) is 0.450. The van der Waals surface area contributed by atoms with E-state index in [0.29, 0.717) is 5.75 Å². The summed E-state index contributed by atoms with van der Waals surface area (Å²) in [6, 6.07) is 6.88. The minimum atomic E-state index is -0.828. The number of aromatic amines is 1. The van der Waals surface area contributed by atoms with Crippen molar-refractivity contribution in [2.45, 2.75) is 40.2 Å². The SMILES string of the molecule is CC(=O)OCCOCC(C)(C)n1c(Oc2cc(C)cc(C)c2)cc(=O)[nH]c1=O. The number of carbonyl (C=O) groups is 1. The molecule has 0 fully saturated rings. The Kier molecular flexibility index (Phi) is 6.80. The molecule has 2 aromatic rings. The van der Waals surface area contributed by atoms with Gasteiger partial charge in [0.25, 0.3) is 5.56 Å². The standard InChI is InChI=1S/C20H26N2O6/c1-13-8-14(2)10-16(9-13)28-18-11-17(24)21-19(25)22(18)20(4,5)12-26-6-7-27-15(3)23/h8-11H,6-7,12H2,1-5H3,(H,21,24,25). The number of hydrogen-bond acceptors (Lipinski definition) is 6. The van der Waals surface area contributed by atoms with E-state index in [0.717, 1.165) is 11.1 Å². The van der Waals surface area contributed by atoms with Crippen LogP contribution in [0.2, 0.25) is 0 Å². The maximum atomic E-state index is 12.5. The summed E-state index contributed by atoms with van der Waals surface area (Å²) < 4.78 is 17.6. The van der Waals surface area contributed by atoms with Crippen molar-refractivity contribution in [3.63, 3.8) is 0 Å². The number of H-pyrrole nitrogens is 1. The highest BCUT2D eigenvalue weighted by molar-refractivity contribution is 5.65. The highest BCUT2D eigenvalue weighted by Crippen LogP contribution is 2.26. The summed E-state index contributed by atoms with van der Waals surface area (Å²) in [6.45, 7) is 9.22. The summed E-state index contributed by atoms with van der Waals surface area (Å²) >= 11 is 0. The summed E-state index contributed by atoms with van der Waals surface area (Å²) in [6.07, 6.45) is 0. The second-order valence-electron chi connectivity index (χ2n) is 7.24. The van der Waals surface area contributed by atoms with Crippen molar-refractivity contribution in [3.8, 4) is 11.6 Å². The summed E-state index contributed by atoms with van der Waals surface area (Å²) in [7, 11) is 0. The monoisotopic (exact) mass is 390 g/mol. The van der Waals surface area contributed by atoms with Crippen molar-refractivity contribution in [3.05, 3.63) is 56.2 Å². The molecule has 1 aromatic carbocycles. The number of aryl methyl sites for hydroxylation is 2. The van der Waals surface area contributed by atoms with Crippen molar-refractivity contribution < 1.29 is 19.0 Å². The first kappa shape index (κ1) is 21.4. The van der Waals surface area contributed by atoms with E-state index in [2.05, 4.69) is 4.98 Å². The molecule has 0 bridgehead atoms. The Morgan fingerprint density at radius 2 is 1.71 bits per heavy atom. The number of aromatic nitrogens is 2. The van der Waals surface area contributed by atoms with Gasteiger partial charge in [0.2, 0.25) is 5.88 Å². The summed E-state index contributed by atoms with van der Waals surface area (Å²) in [4.78, 5) is 37.4. The van der Waals surface area contributed by atoms with Gasteiger partial charge in [-0.3, -0.25) is 19.1 Å². The van der Waals surface area contributed by atoms with Crippen LogP contribution in [-0.2, 0) is 19.8 Å². The molecule has 0 saturated heterocycles. The van der Waals surface area contributed by atoms with Gasteiger partial charge < -0.3 is 14.2 Å². The Balaban J connectivity index is 2.28. The van der Waals surface area contributed by atoms with Gasteiger partial charge in [-0.2, -0.15) is 0 Å². The fourth-order valence-electron chi connectivity index (χ4n) is 2.87. The molecule has 0 aliphatic carbocycles. The average molecular weight is 390 g/mol. The summed E-state index contributed by atoms with van der Waals surface area (Å²) in [5.74, 6) is 0.263. The van der Waals surface area contributed by atoms with Gasteiger partial charge >= 0.3 is 11.7 Å². The number of carbonyl (C=O) groups excluding carboxylic acids is 1. The normalized spacial score (nSPS) is 11.3. The molecule has 8 heteroatoms. The molecule has 2 rings (SSSR count). The number of hydrogen-bond donors (Lipinski definition) is 1. The Hall–Kier alpha value is -2.87. The van der Waals surface area contributed by atoms with Gasteiger partial charge in [0, 0.05) is 6.92 Å². The molecule has 1 heterocycles. The zero-order valence-electron chi connectivity index (χ0n) is 16.8. The third-order valence-corrected chi connectivity index (χ3v) is 3.92. The third-order valence-electron chi connectivity index (χ3n) is 3.92. The van der Waals surface area contributed by atoms with Crippen LogP contribution in [0.25, 0.3) is 0 Å². The van der Waals surface area contributed by atoms with Crippen molar-refractivity contribution in [1.29, 1.82) is 0 Å². The topological polar surface area (TPSA) is 99.6 Å². The van der Waals surface area contributed by atoms with E-state index in [1.54, 1.807) is 13.8 Å². The molecule has 1 N–H and O–H groups in total. The van der Waals surface area contributed by atoms with Crippen molar-refractivity contribution >= 4 is 5.97 Å². The van der Waals surface area contributed by atoms with E-state index in [1.807, 2.05) is 32.0 Å². The Morgan fingerprint density at radius 1 is 1.07 bits per heavy atom. The predicted octanol–water partition coefficient (Wildman–Crippen LogP) is 2.26. The highest BCUT2D eigenvalue weighted by atomic mass is 16.6. The van der Waals surface area contributed by atoms with Crippen LogP contribution >= 0.6 is 0 Å². The van der Waals surface area contributed by atoms with Crippen LogP contribution in [0.15, 0.2) is 33.9 Å². The average Bonchev–Trinajstić information content (AvgIpc) is 2.51. The van der Waals surface area contributed by atoms with Gasteiger partial charge in [0.1, 0.15) is 12.4 Å². The molecule has 1 aromatic heterocycles. The van der Waals surface area contributed by atoms with Crippen LogP contribution in [0, 0.1) is 13.8 Å². The zero-order valence-corrected chi connectivity index (χ0v) is 16.8. The molecule has 0 atom stereocenters. The third kappa shape index (κ3) is 5.82. The van der Waals surface area contributed by atoms with Crippen LogP contribution in [0.5, 0.6) is 11.6 Å². The Labute approximate surface area is 163 Å². The van der Waals surface area contributed by atoms with E-state index in [4.69, 9.17) is 14.2 Å². The summed E-state index contributed by atoms with van der Waals surface area (Å²) in [5.41, 5.74) is 0.0300. The molecule has 28 heavy (non-hydrogen) atoms. The number of rotatable bonds is 8. The van der Waals surface area contributed by atoms with Gasteiger partial charge in [-0.25, -0.2) is 4.79 Å². The van der Waals surface area contributed by atoms with E-state index >= 15 is 0 Å². The number of nitrogens with one attached hydrogen (secondary N) is 1. The van der Waals surface area contributed by atoms with Crippen LogP contribution in [0.3, 0.4) is 0 Å². The lowest BCUT2D eigenvalue weighted by atomic mass is 10.1. The molecular weight excluding hydrogens is 364 g/mol. The van der Waals surface area contributed by atoms with Gasteiger partial charge in [-0.15, -0.1) is 0 Å². The molecule has 0 unspecified atom stereocenters. The lowest BCUT2D eigenvalue weighted by Crippen LogP contribution is -2.43. The molecule has 0 amide bonds. The lowest BCUT2D eigenvalue weighted by molar-refractivity contribution is -0.142. The smallest absolute Gasteiger partial charge is 0.331 e. The minimum Gasteiger partial charge on any atom is -0.463 e. The van der Waals surface area contributed by atoms with Crippen molar-refractivity contribution in [1.82, 2.24) is 9.55 Å². The Morgan fingerprint density at radius 3 is 2.32 bits per heavy atom. The van der Waals surface area contributed by atoms with E-state index in [9.17, 15) is 14.4 Å². The molecule has 8 nitrogen and oxygen atoms in total. The van der Waals surface area contributed by atoms with Gasteiger partial charge in [0.05, 0.1) is 24.8 Å². The molecular formula is C20H26N2O6. The van der Waals surface area contributed by atoms with E-state index in [1.165, 1.54) is 17.6 Å². The molecule has 152 valence electrons. The fourth-order valence-corrected chi connectivity index (χ4v) is 2.87. The first-order chi connectivity index (χ1) is 13.1. The Bertz CT molecular complexity index is 938. The van der Waals surface area contributed by atoms with Crippen LogP contribution < -0.4 is 16.0 Å². The van der Waals surface area contributed by atoms with E-state index < -0.39 is 16.8 Å². The molecule has 0 spiro atoms. The van der Waals surface area contributed by atoms with Gasteiger partial charge in [0.15, 0.2) is 0 Å². The lowest BCUT2D eigenvalue weighted by Gasteiger charge is -2.29. The molecule has 0 saturated carbocycles. The first-order valence-corrected chi connectivity index (χ1v) is 8.92. The van der Waals surface area contributed by atoms with Crippen molar-refractivity contribution in [2.24, 2.45) is 0 Å².